The molecule has 1 aliphatic rings. The summed E-state index contributed by atoms with van der Waals surface area (Å²) in [5.74, 6) is -4.41. The van der Waals surface area contributed by atoms with Crippen LogP contribution in [0.15, 0.2) is 0 Å². The lowest BCUT2D eigenvalue weighted by atomic mass is 10.2. The molecule has 0 saturated carbocycles. The van der Waals surface area contributed by atoms with Crippen molar-refractivity contribution in [3.8, 4) is 0 Å². The summed E-state index contributed by atoms with van der Waals surface area (Å²) in [5, 5.41) is 46.2. The van der Waals surface area contributed by atoms with Gasteiger partial charge in [-0.2, -0.15) is 0 Å². The topological polar surface area (TPSA) is 182 Å². The van der Waals surface area contributed by atoms with Gasteiger partial charge in [-0.15, -0.1) is 0 Å². The van der Waals surface area contributed by atoms with Crippen LogP contribution in [-0.2, 0) is 19.2 Å². The van der Waals surface area contributed by atoms with Crippen LogP contribution in [0.5, 0.6) is 0 Å². The van der Waals surface area contributed by atoms with Gasteiger partial charge in [0.1, 0.15) is 6.04 Å². The molecule has 1 aliphatic heterocycles. The van der Waals surface area contributed by atoms with E-state index in [1.807, 2.05) is 0 Å². The highest BCUT2D eigenvalue weighted by Gasteiger charge is 2.27. The molecule has 0 spiro atoms. The van der Waals surface area contributed by atoms with Crippen molar-refractivity contribution in [2.75, 3.05) is 78.6 Å². The lowest BCUT2D eigenvalue weighted by Gasteiger charge is -2.34. The van der Waals surface area contributed by atoms with Crippen LogP contribution in [0.2, 0.25) is 0 Å². The highest BCUT2D eigenvalue weighted by atomic mass is 16.4. The van der Waals surface area contributed by atoms with Gasteiger partial charge in [0.25, 0.3) is 0 Å². The van der Waals surface area contributed by atoms with E-state index in [0.717, 1.165) is 0 Å². The van der Waals surface area contributed by atoms with Crippen molar-refractivity contribution in [3.05, 3.63) is 0 Å². The van der Waals surface area contributed by atoms with Gasteiger partial charge in [0, 0.05) is 52.4 Å². The summed E-state index contributed by atoms with van der Waals surface area (Å²) in [6.45, 7) is 0.159. The maximum absolute atomic E-state index is 11.5. The number of rotatable bonds is 9. The number of hydrogen-bond acceptors (Lipinski definition) is 9. The van der Waals surface area contributed by atoms with Crippen LogP contribution >= 0.6 is 0 Å². The van der Waals surface area contributed by atoms with Crippen LogP contribution in [0, 0.1) is 0 Å². The minimum atomic E-state index is -1.23. The van der Waals surface area contributed by atoms with Crippen molar-refractivity contribution >= 4 is 23.9 Å². The fourth-order valence-electron chi connectivity index (χ4n) is 3.26. The molecular weight excluding hydrogens is 404 g/mol. The number of carboxylic acid groups (broad SMARTS) is 4. The Morgan fingerprint density at radius 2 is 0.900 bits per heavy atom. The van der Waals surface area contributed by atoms with Crippen LogP contribution in [0.4, 0.5) is 0 Å². The first-order valence-corrected chi connectivity index (χ1v) is 9.52. The second-order valence-corrected chi connectivity index (χ2v) is 7.08. The van der Waals surface area contributed by atoms with Crippen molar-refractivity contribution in [1.29, 1.82) is 0 Å². The van der Waals surface area contributed by atoms with E-state index in [-0.39, 0.29) is 72.0 Å². The van der Waals surface area contributed by atoms with Crippen LogP contribution < -0.4 is 0 Å². The first kappa shape index (κ1) is 25.7. The summed E-state index contributed by atoms with van der Waals surface area (Å²) in [4.78, 5) is 51.2. The second kappa shape index (κ2) is 13.1. The second-order valence-electron chi connectivity index (χ2n) is 7.08. The molecule has 1 unspecified atom stereocenters. The Morgan fingerprint density at radius 1 is 0.600 bits per heavy atom. The monoisotopic (exact) mass is 434 g/mol. The van der Waals surface area contributed by atoms with Gasteiger partial charge in [0.2, 0.25) is 0 Å². The van der Waals surface area contributed by atoms with Crippen molar-refractivity contribution < 1.29 is 44.7 Å². The molecular formula is C17H30N4O9. The van der Waals surface area contributed by atoms with Gasteiger partial charge in [-0.1, -0.05) is 0 Å². The molecule has 0 aromatic carbocycles. The molecule has 1 atom stereocenters. The van der Waals surface area contributed by atoms with E-state index in [1.165, 1.54) is 4.90 Å². The maximum Gasteiger partial charge on any atom is 0.323 e. The SMILES string of the molecule is O=C(O)CN1CCN(CC(=O)O)CCN(C(CO)C(=O)O)CCN(CC(=O)O)CC1. The summed E-state index contributed by atoms with van der Waals surface area (Å²) in [5.41, 5.74) is 0. The van der Waals surface area contributed by atoms with Crippen LogP contribution in [-0.4, -0.2) is 154 Å². The third kappa shape index (κ3) is 9.93. The Morgan fingerprint density at radius 3 is 1.13 bits per heavy atom. The fourth-order valence-corrected chi connectivity index (χ4v) is 3.26. The summed E-state index contributed by atoms with van der Waals surface area (Å²) in [6, 6.07) is -1.20. The molecule has 5 N–H and O–H groups in total. The smallest absolute Gasteiger partial charge is 0.323 e. The third-order valence-electron chi connectivity index (χ3n) is 4.85. The van der Waals surface area contributed by atoms with Gasteiger partial charge in [0.15, 0.2) is 0 Å². The van der Waals surface area contributed by atoms with Gasteiger partial charge in [-0.3, -0.25) is 38.8 Å². The van der Waals surface area contributed by atoms with E-state index < -0.39 is 36.5 Å². The van der Waals surface area contributed by atoms with Crippen molar-refractivity contribution in [1.82, 2.24) is 19.6 Å². The average molecular weight is 434 g/mol. The number of nitrogens with zero attached hydrogens (tertiary/aromatic N) is 4. The van der Waals surface area contributed by atoms with Gasteiger partial charge >= 0.3 is 23.9 Å². The number of carboxylic acids is 4. The molecule has 1 fully saturated rings. The molecule has 0 bridgehead atoms. The Bertz CT molecular complexity index is 572. The number of aliphatic hydroxyl groups excluding tert-OH is 1. The van der Waals surface area contributed by atoms with Crippen LogP contribution in [0.25, 0.3) is 0 Å². The van der Waals surface area contributed by atoms with E-state index in [0.29, 0.717) is 0 Å². The summed E-state index contributed by atoms with van der Waals surface area (Å²) >= 11 is 0. The summed E-state index contributed by atoms with van der Waals surface area (Å²) < 4.78 is 0. The van der Waals surface area contributed by atoms with E-state index in [2.05, 4.69) is 0 Å². The zero-order valence-electron chi connectivity index (χ0n) is 16.7. The predicted molar refractivity (Wildman–Crippen MR) is 102 cm³/mol. The highest BCUT2D eigenvalue weighted by Crippen LogP contribution is 2.05. The molecule has 13 nitrogen and oxygen atoms in total. The number of hydrogen-bond donors (Lipinski definition) is 5. The summed E-state index contributed by atoms with van der Waals surface area (Å²) in [6.07, 6.45) is 0. The zero-order valence-corrected chi connectivity index (χ0v) is 16.7. The molecule has 0 aromatic rings. The van der Waals surface area contributed by atoms with Crippen LogP contribution in [0.3, 0.4) is 0 Å². The van der Waals surface area contributed by atoms with Crippen molar-refractivity contribution in [2.24, 2.45) is 0 Å². The molecule has 172 valence electrons. The zero-order chi connectivity index (χ0) is 22.7. The van der Waals surface area contributed by atoms with E-state index in [1.54, 1.807) is 14.7 Å². The lowest BCUT2D eigenvalue weighted by Crippen LogP contribution is -2.52. The predicted octanol–water partition coefficient (Wildman–Crippen LogP) is -3.09. The number of carbonyl (C=O) groups is 4. The first-order chi connectivity index (χ1) is 14.1. The van der Waals surface area contributed by atoms with Crippen LogP contribution in [0.1, 0.15) is 0 Å². The van der Waals surface area contributed by atoms with E-state index in [4.69, 9.17) is 15.3 Å². The molecule has 1 heterocycles. The number of aliphatic hydroxyl groups is 1. The van der Waals surface area contributed by atoms with E-state index in [9.17, 15) is 29.4 Å². The number of aliphatic carboxylic acids is 4. The molecule has 1 saturated heterocycles. The molecule has 0 radical (unpaired) electrons. The van der Waals surface area contributed by atoms with Gasteiger partial charge < -0.3 is 25.5 Å². The van der Waals surface area contributed by atoms with Gasteiger partial charge in [0.05, 0.1) is 26.2 Å². The molecule has 13 heteroatoms. The Balaban J connectivity index is 3.03. The van der Waals surface area contributed by atoms with Gasteiger partial charge in [-0.25, -0.2) is 0 Å². The minimum absolute atomic E-state index is 0.144. The Hall–Kier alpha value is -2.32. The van der Waals surface area contributed by atoms with Gasteiger partial charge in [-0.05, 0) is 0 Å². The molecule has 30 heavy (non-hydrogen) atoms. The molecule has 0 aromatic heterocycles. The quantitative estimate of drug-likeness (QED) is 0.246. The molecule has 0 aliphatic carbocycles. The maximum atomic E-state index is 11.5. The fraction of sp³-hybridized carbons (Fsp3) is 0.765. The normalized spacial score (nSPS) is 20.0. The minimum Gasteiger partial charge on any atom is -0.480 e. The molecule has 1 rings (SSSR count). The third-order valence-corrected chi connectivity index (χ3v) is 4.85. The standard InChI is InChI=1S/C17H30N4O9/c22-12-13(17(29)30)21-7-5-19(10-15(25)26)3-1-18(9-14(23)24)2-4-20(6-8-21)11-16(27)28/h13,22H,1-12H2,(H,23,24)(H,25,26)(H,27,28)(H,29,30). The van der Waals surface area contributed by atoms with Crippen molar-refractivity contribution in [3.63, 3.8) is 0 Å². The average Bonchev–Trinajstić information content (AvgIpc) is 2.62. The Labute approximate surface area is 173 Å². The largest absolute Gasteiger partial charge is 0.480 e. The first-order valence-electron chi connectivity index (χ1n) is 9.52. The van der Waals surface area contributed by atoms with Crippen molar-refractivity contribution in [2.45, 2.75) is 6.04 Å². The van der Waals surface area contributed by atoms with E-state index >= 15 is 0 Å². The Kier molecular flexibility index (Phi) is 11.2. The molecule has 0 amide bonds. The lowest BCUT2D eigenvalue weighted by molar-refractivity contribution is -0.146. The summed E-state index contributed by atoms with van der Waals surface area (Å²) in [7, 11) is 0. The highest BCUT2D eigenvalue weighted by molar-refractivity contribution is 5.73.